The molecular formula is C17H16BrNO3S. The van der Waals surface area contributed by atoms with Crippen molar-refractivity contribution in [2.45, 2.75) is 25.3 Å². The topological polar surface area (TPSA) is 57.6 Å². The largest absolute Gasteiger partial charge is 0.481 e. The normalized spacial score (nSPS) is 17.4. The zero-order valence-electron chi connectivity index (χ0n) is 12.4. The molecule has 23 heavy (non-hydrogen) atoms. The highest BCUT2D eigenvalue weighted by atomic mass is 79.9. The number of carbonyl (C=O) groups is 2. The summed E-state index contributed by atoms with van der Waals surface area (Å²) in [7, 11) is 0. The first-order valence-electron chi connectivity index (χ1n) is 7.43. The quantitative estimate of drug-likeness (QED) is 0.843. The van der Waals surface area contributed by atoms with Crippen LogP contribution in [0.15, 0.2) is 40.9 Å². The molecule has 0 bridgehead atoms. The first-order chi connectivity index (χ1) is 11.0. The maximum absolute atomic E-state index is 12.7. The maximum atomic E-state index is 12.7. The van der Waals surface area contributed by atoms with Gasteiger partial charge in [0.15, 0.2) is 0 Å². The third-order valence-corrected chi connectivity index (χ3v) is 5.64. The van der Waals surface area contributed by atoms with E-state index in [-0.39, 0.29) is 18.4 Å². The Morgan fingerprint density at radius 3 is 2.65 bits per heavy atom. The van der Waals surface area contributed by atoms with Crippen molar-refractivity contribution >= 4 is 39.1 Å². The van der Waals surface area contributed by atoms with Crippen LogP contribution in [0.25, 0.3) is 10.4 Å². The number of rotatable bonds is 4. The van der Waals surface area contributed by atoms with Gasteiger partial charge >= 0.3 is 5.97 Å². The van der Waals surface area contributed by atoms with Crippen LogP contribution in [0.5, 0.6) is 0 Å². The van der Waals surface area contributed by atoms with Crippen LogP contribution in [0.4, 0.5) is 0 Å². The molecule has 3 rings (SSSR count). The Kier molecular flexibility index (Phi) is 4.82. The molecule has 1 unspecified atom stereocenters. The molecule has 4 nitrogen and oxygen atoms in total. The van der Waals surface area contributed by atoms with Crippen molar-refractivity contribution in [3.63, 3.8) is 0 Å². The number of hydrogen-bond acceptors (Lipinski definition) is 3. The van der Waals surface area contributed by atoms with Gasteiger partial charge in [-0.3, -0.25) is 9.59 Å². The minimum absolute atomic E-state index is 0.0245. The van der Waals surface area contributed by atoms with Gasteiger partial charge < -0.3 is 10.0 Å². The van der Waals surface area contributed by atoms with Gasteiger partial charge in [-0.2, -0.15) is 0 Å². The fourth-order valence-corrected chi connectivity index (χ4v) is 4.11. The van der Waals surface area contributed by atoms with Gasteiger partial charge in [0.25, 0.3) is 5.91 Å². The average molecular weight is 394 g/mol. The number of hydrogen-bond donors (Lipinski definition) is 1. The van der Waals surface area contributed by atoms with E-state index in [1.54, 1.807) is 4.90 Å². The Balaban J connectivity index is 1.78. The monoisotopic (exact) mass is 393 g/mol. The van der Waals surface area contributed by atoms with Crippen LogP contribution in [0.3, 0.4) is 0 Å². The van der Waals surface area contributed by atoms with Crippen molar-refractivity contribution in [1.82, 2.24) is 4.90 Å². The number of carboxylic acid groups (broad SMARTS) is 1. The summed E-state index contributed by atoms with van der Waals surface area (Å²) >= 11 is 4.87. The van der Waals surface area contributed by atoms with E-state index in [9.17, 15) is 9.59 Å². The fraction of sp³-hybridized carbons (Fsp3) is 0.294. The predicted molar refractivity (Wildman–Crippen MR) is 93.8 cm³/mol. The molecule has 1 aliphatic rings. The Bertz CT molecular complexity index is 726. The molecule has 0 saturated carbocycles. The number of likely N-dealkylation sites (tertiary alicyclic amines) is 1. The van der Waals surface area contributed by atoms with Crippen LogP contribution < -0.4 is 0 Å². The summed E-state index contributed by atoms with van der Waals surface area (Å²) < 4.78 is 1.02. The third kappa shape index (κ3) is 3.64. The predicted octanol–water partition coefficient (Wildman–Crippen LogP) is 4.26. The molecule has 1 atom stereocenters. The second kappa shape index (κ2) is 6.84. The van der Waals surface area contributed by atoms with Gasteiger partial charge in [-0.25, -0.2) is 0 Å². The molecule has 1 N–H and O–H groups in total. The van der Waals surface area contributed by atoms with Crippen LogP contribution in [0.2, 0.25) is 0 Å². The number of aliphatic carboxylic acids is 1. The summed E-state index contributed by atoms with van der Waals surface area (Å²) in [5.74, 6) is -0.904. The molecule has 2 heterocycles. The Hall–Kier alpha value is -1.66. The standard InChI is InChI=1S/C17H16BrNO3S/c18-12-5-3-11(4-6-12)14-7-8-15(23-14)17(22)19-9-1-2-13(19)10-16(20)21/h3-8,13H,1-2,9-10H2,(H,20,21). The highest BCUT2D eigenvalue weighted by Crippen LogP contribution is 2.31. The van der Waals surface area contributed by atoms with E-state index in [1.165, 1.54) is 11.3 Å². The van der Waals surface area contributed by atoms with Gasteiger partial charge in [-0.15, -0.1) is 11.3 Å². The zero-order valence-corrected chi connectivity index (χ0v) is 14.8. The zero-order chi connectivity index (χ0) is 16.4. The number of benzene rings is 1. The van der Waals surface area contributed by atoms with Gasteiger partial charge in [0.2, 0.25) is 0 Å². The van der Waals surface area contributed by atoms with Crippen LogP contribution in [0.1, 0.15) is 28.9 Å². The number of halogens is 1. The molecule has 0 radical (unpaired) electrons. The Labute approximate surface area is 146 Å². The second-order valence-corrected chi connectivity index (χ2v) is 7.56. The van der Waals surface area contributed by atoms with Gasteiger partial charge in [0, 0.05) is 21.9 Å². The van der Waals surface area contributed by atoms with Crippen LogP contribution in [0, 0.1) is 0 Å². The number of amides is 1. The lowest BCUT2D eigenvalue weighted by atomic mass is 10.1. The summed E-state index contributed by atoms with van der Waals surface area (Å²) in [6.45, 7) is 0.641. The minimum Gasteiger partial charge on any atom is -0.481 e. The van der Waals surface area contributed by atoms with Crippen molar-refractivity contribution in [2.75, 3.05) is 6.54 Å². The molecule has 6 heteroatoms. The highest BCUT2D eigenvalue weighted by Gasteiger charge is 2.31. The molecule has 0 spiro atoms. The number of nitrogens with zero attached hydrogens (tertiary/aromatic N) is 1. The SMILES string of the molecule is O=C(O)CC1CCCN1C(=O)c1ccc(-c2ccc(Br)cc2)s1. The Morgan fingerprint density at radius 1 is 1.22 bits per heavy atom. The van der Waals surface area contributed by atoms with E-state index in [4.69, 9.17) is 5.11 Å². The lowest BCUT2D eigenvalue weighted by Gasteiger charge is -2.22. The fourth-order valence-electron chi connectivity index (χ4n) is 2.88. The molecule has 1 amide bonds. The minimum atomic E-state index is -0.851. The molecule has 2 aromatic rings. The molecular weight excluding hydrogens is 378 g/mol. The van der Waals surface area contributed by atoms with Crippen molar-refractivity contribution in [2.24, 2.45) is 0 Å². The van der Waals surface area contributed by atoms with Crippen molar-refractivity contribution < 1.29 is 14.7 Å². The van der Waals surface area contributed by atoms with Crippen LogP contribution >= 0.6 is 27.3 Å². The number of thiophene rings is 1. The molecule has 1 fully saturated rings. The molecule has 1 saturated heterocycles. The van der Waals surface area contributed by atoms with Crippen molar-refractivity contribution in [3.05, 3.63) is 45.7 Å². The van der Waals surface area contributed by atoms with E-state index in [0.29, 0.717) is 11.4 Å². The van der Waals surface area contributed by atoms with Gasteiger partial charge in [0.1, 0.15) is 0 Å². The smallest absolute Gasteiger partial charge is 0.305 e. The molecule has 1 aromatic heterocycles. The highest BCUT2D eigenvalue weighted by molar-refractivity contribution is 9.10. The van der Waals surface area contributed by atoms with E-state index >= 15 is 0 Å². The summed E-state index contributed by atoms with van der Waals surface area (Å²) in [5, 5.41) is 8.98. The first kappa shape index (κ1) is 16.2. The van der Waals surface area contributed by atoms with Gasteiger partial charge in [0.05, 0.1) is 11.3 Å². The van der Waals surface area contributed by atoms with Gasteiger partial charge in [-0.1, -0.05) is 28.1 Å². The first-order valence-corrected chi connectivity index (χ1v) is 9.04. The maximum Gasteiger partial charge on any atom is 0.305 e. The van der Waals surface area contributed by atoms with E-state index in [0.717, 1.165) is 27.8 Å². The molecule has 0 aliphatic carbocycles. The van der Waals surface area contributed by atoms with E-state index in [2.05, 4.69) is 15.9 Å². The average Bonchev–Trinajstić information content (AvgIpc) is 3.16. The van der Waals surface area contributed by atoms with Crippen LogP contribution in [-0.4, -0.2) is 34.5 Å². The second-order valence-electron chi connectivity index (χ2n) is 5.56. The summed E-state index contributed by atoms with van der Waals surface area (Å²) in [6, 6.07) is 11.6. The lowest BCUT2D eigenvalue weighted by Crippen LogP contribution is -2.36. The molecule has 1 aromatic carbocycles. The summed E-state index contributed by atoms with van der Waals surface area (Å²) in [4.78, 5) is 27.0. The third-order valence-electron chi connectivity index (χ3n) is 3.99. The Morgan fingerprint density at radius 2 is 1.96 bits per heavy atom. The van der Waals surface area contributed by atoms with Crippen molar-refractivity contribution in [3.8, 4) is 10.4 Å². The van der Waals surface area contributed by atoms with E-state index in [1.807, 2.05) is 36.4 Å². The van der Waals surface area contributed by atoms with Gasteiger partial charge in [-0.05, 0) is 42.7 Å². The molecule has 120 valence electrons. The van der Waals surface area contributed by atoms with E-state index < -0.39 is 5.97 Å². The number of carbonyl (C=O) groups excluding carboxylic acids is 1. The van der Waals surface area contributed by atoms with Crippen molar-refractivity contribution in [1.29, 1.82) is 0 Å². The lowest BCUT2D eigenvalue weighted by molar-refractivity contribution is -0.137. The molecule has 1 aliphatic heterocycles. The van der Waals surface area contributed by atoms with Crippen LogP contribution in [-0.2, 0) is 4.79 Å². The number of carboxylic acids is 1. The summed E-state index contributed by atoms with van der Waals surface area (Å²) in [6.07, 6.45) is 1.66. The summed E-state index contributed by atoms with van der Waals surface area (Å²) in [5.41, 5.74) is 1.07.